The predicted molar refractivity (Wildman–Crippen MR) is 72.7 cm³/mol. The average Bonchev–Trinajstić information content (AvgIpc) is 2.79. The molecule has 1 rings (SSSR count). The molecule has 16 heavy (non-hydrogen) atoms. The van der Waals surface area contributed by atoms with Crippen molar-refractivity contribution in [3.05, 3.63) is 0 Å². The van der Waals surface area contributed by atoms with Gasteiger partial charge in [0.15, 0.2) is 0 Å². The summed E-state index contributed by atoms with van der Waals surface area (Å²) in [7, 11) is 0. The quantitative estimate of drug-likeness (QED) is 0.678. The monoisotopic (exact) mass is 225 g/mol. The summed E-state index contributed by atoms with van der Waals surface area (Å²) in [4.78, 5) is 0. The molecule has 96 valence electrons. The van der Waals surface area contributed by atoms with E-state index in [-0.39, 0.29) is 0 Å². The molecule has 1 nitrogen and oxygen atoms in total. The maximum atomic E-state index is 3.82. The molecular formula is C15H31N. The van der Waals surface area contributed by atoms with Crippen molar-refractivity contribution in [2.75, 3.05) is 6.54 Å². The fourth-order valence-corrected chi connectivity index (χ4v) is 3.83. The van der Waals surface area contributed by atoms with Gasteiger partial charge in [-0.15, -0.1) is 0 Å². The standard InChI is InChI=1S/C15H31N/c1-5-13(6-2)14(16-8-4)15(7-3)11-9-10-12-15/h13-14,16H,5-12H2,1-4H3. The van der Waals surface area contributed by atoms with Crippen LogP contribution in [0.25, 0.3) is 0 Å². The van der Waals surface area contributed by atoms with Gasteiger partial charge in [0, 0.05) is 6.04 Å². The van der Waals surface area contributed by atoms with Crippen LogP contribution in [0.5, 0.6) is 0 Å². The highest BCUT2D eigenvalue weighted by molar-refractivity contribution is 4.96. The molecule has 0 spiro atoms. The SMILES string of the molecule is CCNC(C(CC)CC)C1(CC)CCCC1. The molecule has 1 aliphatic carbocycles. The molecule has 0 aromatic carbocycles. The van der Waals surface area contributed by atoms with Gasteiger partial charge in [-0.1, -0.05) is 53.4 Å². The molecule has 0 amide bonds. The van der Waals surface area contributed by atoms with Gasteiger partial charge in [0.05, 0.1) is 0 Å². The Balaban J connectivity index is 2.80. The van der Waals surface area contributed by atoms with Crippen LogP contribution in [0, 0.1) is 11.3 Å². The van der Waals surface area contributed by atoms with E-state index in [1.54, 1.807) is 0 Å². The molecule has 0 aromatic heterocycles. The Labute approximate surface area is 102 Å². The summed E-state index contributed by atoms with van der Waals surface area (Å²) in [6, 6.07) is 0.764. The summed E-state index contributed by atoms with van der Waals surface area (Å²) in [5.74, 6) is 0.873. The first-order valence-corrected chi connectivity index (χ1v) is 7.47. The zero-order valence-corrected chi connectivity index (χ0v) is 11.8. The van der Waals surface area contributed by atoms with Crippen LogP contribution in [0.3, 0.4) is 0 Å². The largest absolute Gasteiger partial charge is 0.313 e. The fraction of sp³-hybridized carbons (Fsp3) is 1.00. The average molecular weight is 225 g/mol. The van der Waals surface area contributed by atoms with E-state index in [0.29, 0.717) is 5.41 Å². The van der Waals surface area contributed by atoms with Crippen molar-refractivity contribution in [3.8, 4) is 0 Å². The Morgan fingerprint density at radius 1 is 1.00 bits per heavy atom. The van der Waals surface area contributed by atoms with E-state index in [4.69, 9.17) is 0 Å². The first-order valence-electron chi connectivity index (χ1n) is 7.47. The molecule has 1 N–H and O–H groups in total. The van der Waals surface area contributed by atoms with Crippen molar-refractivity contribution in [1.82, 2.24) is 5.32 Å². The lowest BCUT2D eigenvalue weighted by molar-refractivity contribution is 0.128. The van der Waals surface area contributed by atoms with Gasteiger partial charge in [-0.3, -0.25) is 0 Å². The van der Waals surface area contributed by atoms with Gasteiger partial charge in [-0.25, -0.2) is 0 Å². The van der Waals surface area contributed by atoms with E-state index in [1.807, 2.05) is 0 Å². The lowest BCUT2D eigenvalue weighted by atomic mass is 9.69. The third kappa shape index (κ3) is 2.80. The summed E-state index contributed by atoms with van der Waals surface area (Å²) >= 11 is 0. The zero-order valence-electron chi connectivity index (χ0n) is 11.8. The van der Waals surface area contributed by atoms with Crippen LogP contribution in [0.4, 0.5) is 0 Å². The Hall–Kier alpha value is -0.0400. The van der Waals surface area contributed by atoms with Crippen molar-refractivity contribution >= 4 is 0 Å². The van der Waals surface area contributed by atoms with Crippen molar-refractivity contribution in [2.45, 2.75) is 78.7 Å². The predicted octanol–water partition coefficient (Wildman–Crippen LogP) is 4.37. The molecule has 1 fully saturated rings. The summed E-state index contributed by atoms with van der Waals surface area (Å²) < 4.78 is 0. The van der Waals surface area contributed by atoms with Crippen LogP contribution in [-0.4, -0.2) is 12.6 Å². The van der Waals surface area contributed by atoms with Gasteiger partial charge in [-0.05, 0) is 37.1 Å². The minimum absolute atomic E-state index is 0.618. The lowest BCUT2D eigenvalue weighted by Crippen LogP contribution is -2.48. The van der Waals surface area contributed by atoms with Gasteiger partial charge in [0.25, 0.3) is 0 Å². The second-order valence-electron chi connectivity index (χ2n) is 5.53. The summed E-state index contributed by atoms with van der Waals surface area (Å²) in [6.45, 7) is 10.5. The third-order valence-corrected chi connectivity index (χ3v) is 4.91. The first-order chi connectivity index (χ1) is 7.74. The highest BCUT2D eigenvalue weighted by Gasteiger charge is 2.41. The van der Waals surface area contributed by atoms with Gasteiger partial charge in [0.1, 0.15) is 0 Å². The Bertz CT molecular complexity index is 178. The maximum absolute atomic E-state index is 3.82. The van der Waals surface area contributed by atoms with Gasteiger partial charge in [0.2, 0.25) is 0 Å². The normalized spacial score (nSPS) is 21.6. The van der Waals surface area contributed by atoms with E-state index in [1.165, 1.54) is 44.9 Å². The number of nitrogens with one attached hydrogen (secondary N) is 1. The highest BCUT2D eigenvalue weighted by Crippen LogP contribution is 2.46. The van der Waals surface area contributed by atoms with Crippen molar-refractivity contribution in [1.29, 1.82) is 0 Å². The Morgan fingerprint density at radius 3 is 1.94 bits per heavy atom. The lowest BCUT2D eigenvalue weighted by Gasteiger charge is -2.42. The molecule has 0 heterocycles. The van der Waals surface area contributed by atoms with Crippen LogP contribution in [0.2, 0.25) is 0 Å². The van der Waals surface area contributed by atoms with Crippen LogP contribution >= 0.6 is 0 Å². The molecule has 0 radical (unpaired) electrons. The molecule has 1 unspecified atom stereocenters. The minimum Gasteiger partial charge on any atom is -0.313 e. The minimum atomic E-state index is 0.618. The molecule has 0 aliphatic heterocycles. The summed E-state index contributed by atoms with van der Waals surface area (Å²) in [6.07, 6.45) is 9.84. The molecule has 0 bridgehead atoms. The van der Waals surface area contributed by atoms with Crippen LogP contribution in [0.1, 0.15) is 72.6 Å². The summed E-state index contributed by atoms with van der Waals surface area (Å²) in [5.41, 5.74) is 0.618. The smallest absolute Gasteiger partial charge is 0.0151 e. The second kappa shape index (κ2) is 6.64. The third-order valence-electron chi connectivity index (χ3n) is 4.91. The van der Waals surface area contributed by atoms with Crippen LogP contribution in [-0.2, 0) is 0 Å². The van der Waals surface area contributed by atoms with Gasteiger partial charge >= 0.3 is 0 Å². The molecular weight excluding hydrogens is 194 g/mol. The van der Waals surface area contributed by atoms with Crippen molar-refractivity contribution < 1.29 is 0 Å². The van der Waals surface area contributed by atoms with E-state index in [9.17, 15) is 0 Å². The fourth-order valence-electron chi connectivity index (χ4n) is 3.83. The molecule has 1 heteroatoms. The first kappa shape index (κ1) is 14.0. The summed E-state index contributed by atoms with van der Waals surface area (Å²) in [5, 5.41) is 3.82. The van der Waals surface area contributed by atoms with Gasteiger partial charge in [-0.2, -0.15) is 0 Å². The number of hydrogen-bond donors (Lipinski definition) is 1. The zero-order chi connectivity index (χ0) is 12.0. The molecule has 0 saturated heterocycles. The topological polar surface area (TPSA) is 12.0 Å². The molecule has 0 aromatic rings. The van der Waals surface area contributed by atoms with Crippen molar-refractivity contribution in [2.24, 2.45) is 11.3 Å². The number of rotatable bonds is 7. The second-order valence-corrected chi connectivity index (χ2v) is 5.53. The van der Waals surface area contributed by atoms with Gasteiger partial charge < -0.3 is 5.32 Å². The van der Waals surface area contributed by atoms with Crippen LogP contribution in [0.15, 0.2) is 0 Å². The van der Waals surface area contributed by atoms with Crippen molar-refractivity contribution in [3.63, 3.8) is 0 Å². The molecule has 1 saturated carbocycles. The Morgan fingerprint density at radius 2 is 1.56 bits per heavy atom. The molecule has 1 aliphatic rings. The van der Waals surface area contributed by atoms with Crippen LogP contribution < -0.4 is 5.32 Å². The number of hydrogen-bond acceptors (Lipinski definition) is 1. The van der Waals surface area contributed by atoms with E-state index >= 15 is 0 Å². The van der Waals surface area contributed by atoms with E-state index in [0.717, 1.165) is 18.5 Å². The molecule has 1 atom stereocenters. The van der Waals surface area contributed by atoms with E-state index < -0.39 is 0 Å². The van der Waals surface area contributed by atoms with E-state index in [2.05, 4.69) is 33.0 Å². The Kier molecular flexibility index (Phi) is 5.82. The maximum Gasteiger partial charge on any atom is 0.0151 e. The highest BCUT2D eigenvalue weighted by atomic mass is 14.9.